The molecule has 2 rings (SSSR count). The maximum atomic E-state index is 12.2. The highest BCUT2D eigenvalue weighted by Gasteiger charge is 2.32. The molecule has 0 aromatic carbocycles. The number of nitrogens with zero attached hydrogens (tertiary/aromatic N) is 2. The van der Waals surface area contributed by atoms with Gasteiger partial charge in [0.2, 0.25) is 0 Å². The quantitative estimate of drug-likeness (QED) is 0.793. The van der Waals surface area contributed by atoms with Gasteiger partial charge in [-0.1, -0.05) is 0 Å². The smallest absolute Gasteiger partial charge is 0.262 e. The molecule has 2 N–H and O–H groups in total. The molecule has 1 aromatic rings. The molecule has 1 aliphatic carbocycles. The monoisotopic (exact) mass is 259 g/mol. The van der Waals surface area contributed by atoms with Crippen LogP contribution in [0.1, 0.15) is 24.1 Å². The Morgan fingerprint density at radius 3 is 2.71 bits per heavy atom. The second-order valence-electron chi connectivity index (χ2n) is 4.52. The van der Waals surface area contributed by atoms with E-state index in [0.29, 0.717) is 23.7 Å². The number of nitrogens with one attached hydrogen (secondary N) is 1. The van der Waals surface area contributed by atoms with Gasteiger partial charge in [-0.05, 0) is 25.7 Å². The molecule has 0 spiro atoms. The van der Waals surface area contributed by atoms with Crippen LogP contribution in [0.2, 0.25) is 0 Å². The molecular formula is C10H17N3O3S. The molecule has 1 aliphatic rings. The molecule has 0 saturated heterocycles. The summed E-state index contributed by atoms with van der Waals surface area (Å²) in [5.74, 6) is 0.479. The average Bonchev–Trinajstić information content (AvgIpc) is 2.99. The number of hydrogen-bond donors (Lipinski definition) is 2. The Balaban J connectivity index is 2.29. The van der Waals surface area contributed by atoms with E-state index in [-0.39, 0.29) is 11.6 Å². The predicted octanol–water partition coefficient (Wildman–Crippen LogP) is 0.241. The van der Waals surface area contributed by atoms with E-state index >= 15 is 0 Å². The van der Waals surface area contributed by atoms with E-state index in [1.54, 1.807) is 14.0 Å². The lowest BCUT2D eigenvalue weighted by Gasteiger charge is -2.15. The van der Waals surface area contributed by atoms with Gasteiger partial charge < -0.3 is 5.11 Å². The Kier molecular flexibility index (Phi) is 3.24. The van der Waals surface area contributed by atoms with Gasteiger partial charge in [0.25, 0.3) is 10.0 Å². The normalized spacial score (nSPS) is 16.7. The predicted molar refractivity (Wildman–Crippen MR) is 61.8 cm³/mol. The third kappa shape index (κ3) is 2.36. The minimum absolute atomic E-state index is 0.0550. The number of aliphatic hydroxyl groups is 1. The number of aromatic amines is 1. The Hall–Kier alpha value is -0.920. The lowest BCUT2D eigenvalue weighted by molar-refractivity contribution is 0.277. The summed E-state index contributed by atoms with van der Waals surface area (Å²) in [4.78, 5) is 0. The Morgan fingerprint density at radius 1 is 1.53 bits per heavy atom. The first-order valence-corrected chi connectivity index (χ1v) is 7.02. The van der Waals surface area contributed by atoms with Crippen LogP contribution in [-0.2, 0) is 16.6 Å². The molecule has 1 aromatic heterocycles. The standard InChI is InChI=1S/C10H17N3O3S/c1-7-9(6-14)10(12-11-7)17(15,16)13(2)5-8-3-4-8/h8,14H,3-6H2,1-2H3,(H,11,12). The van der Waals surface area contributed by atoms with E-state index in [4.69, 9.17) is 0 Å². The fraction of sp³-hybridized carbons (Fsp3) is 0.700. The van der Waals surface area contributed by atoms with Crippen LogP contribution in [0.5, 0.6) is 0 Å². The van der Waals surface area contributed by atoms with Gasteiger partial charge in [-0.2, -0.15) is 9.40 Å². The van der Waals surface area contributed by atoms with Gasteiger partial charge in [0.05, 0.1) is 6.61 Å². The van der Waals surface area contributed by atoms with E-state index < -0.39 is 10.0 Å². The number of aromatic nitrogens is 2. The van der Waals surface area contributed by atoms with Crippen molar-refractivity contribution in [3.63, 3.8) is 0 Å². The molecule has 1 fully saturated rings. The van der Waals surface area contributed by atoms with E-state index in [0.717, 1.165) is 12.8 Å². The molecule has 0 bridgehead atoms. The first-order valence-electron chi connectivity index (χ1n) is 5.58. The van der Waals surface area contributed by atoms with Crippen LogP contribution >= 0.6 is 0 Å². The van der Waals surface area contributed by atoms with Gasteiger partial charge in [-0.3, -0.25) is 5.10 Å². The molecule has 0 unspecified atom stereocenters. The van der Waals surface area contributed by atoms with Gasteiger partial charge >= 0.3 is 0 Å². The van der Waals surface area contributed by atoms with Crippen LogP contribution in [0.4, 0.5) is 0 Å². The number of rotatable bonds is 5. The summed E-state index contributed by atoms with van der Waals surface area (Å²) in [6, 6.07) is 0. The zero-order valence-corrected chi connectivity index (χ0v) is 10.8. The minimum Gasteiger partial charge on any atom is -0.392 e. The van der Waals surface area contributed by atoms with E-state index in [1.165, 1.54) is 4.31 Å². The summed E-state index contributed by atoms with van der Waals surface area (Å²) in [5, 5.41) is 15.5. The molecule has 6 nitrogen and oxygen atoms in total. The summed E-state index contributed by atoms with van der Waals surface area (Å²) < 4.78 is 25.8. The van der Waals surface area contributed by atoms with Crippen molar-refractivity contribution in [3.05, 3.63) is 11.3 Å². The van der Waals surface area contributed by atoms with Gasteiger partial charge in [0.15, 0.2) is 5.03 Å². The van der Waals surface area contributed by atoms with E-state index in [2.05, 4.69) is 10.2 Å². The topological polar surface area (TPSA) is 86.3 Å². The van der Waals surface area contributed by atoms with Crippen LogP contribution in [0, 0.1) is 12.8 Å². The summed E-state index contributed by atoms with van der Waals surface area (Å²) in [6.45, 7) is 1.89. The molecule has 0 aliphatic heterocycles. The highest BCUT2D eigenvalue weighted by atomic mass is 32.2. The van der Waals surface area contributed by atoms with Crippen molar-refractivity contribution in [2.75, 3.05) is 13.6 Å². The number of sulfonamides is 1. The summed E-state index contributed by atoms with van der Waals surface area (Å²) in [5.41, 5.74) is 0.943. The van der Waals surface area contributed by atoms with Gasteiger partial charge in [0, 0.05) is 24.8 Å². The maximum Gasteiger partial charge on any atom is 0.262 e. The van der Waals surface area contributed by atoms with Gasteiger partial charge in [-0.25, -0.2) is 8.42 Å². The Labute approximate surface area is 101 Å². The second kappa shape index (κ2) is 4.40. The van der Waals surface area contributed by atoms with Crippen molar-refractivity contribution in [2.45, 2.75) is 31.4 Å². The first-order chi connectivity index (χ1) is 7.96. The molecular weight excluding hydrogens is 242 g/mol. The fourth-order valence-corrected chi connectivity index (χ4v) is 3.13. The summed E-state index contributed by atoms with van der Waals surface area (Å²) in [7, 11) is -2.03. The summed E-state index contributed by atoms with van der Waals surface area (Å²) in [6.07, 6.45) is 2.18. The molecule has 96 valence electrons. The largest absolute Gasteiger partial charge is 0.392 e. The lowest BCUT2D eigenvalue weighted by Crippen LogP contribution is -2.30. The second-order valence-corrected chi connectivity index (χ2v) is 6.48. The molecule has 0 amide bonds. The molecule has 1 heterocycles. The van der Waals surface area contributed by atoms with E-state index in [1.807, 2.05) is 0 Å². The van der Waals surface area contributed by atoms with Gasteiger partial charge in [-0.15, -0.1) is 0 Å². The van der Waals surface area contributed by atoms with Crippen molar-refractivity contribution in [1.29, 1.82) is 0 Å². The average molecular weight is 259 g/mol. The SMILES string of the molecule is Cc1[nH]nc(S(=O)(=O)N(C)CC2CC2)c1CO. The number of hydrogen-bond acceptors (Lipinski definition) is 4. The third-order valence-electron chi connectivity index (χ3n) is 3.06. The molecule has 1 saturated carbocycles. The van der Waals surface area contributed by atoms with Gasteiger partial charge in [0.1, 0.15) is 0 Å². The Morgan fingerprint density at radius 2 is 2.18 bits per heavy atom. The number of H-pyrrole nitrogens is 1. The van der Waals surface area contributed by atoms with Crippen molar-refractivity contribution in [2.24, 2.45) is 5.92 Å². The number of aliphatic hydroxyl groups excluding tert-OH is 1. The van der Waals surface area contributed by atoms with Crippen molar-refractivity contribution >= 4 is 10.0 Å². The van der Waals surface area contributed by atoms with Crippen molar-refractivity contribution in [3.8, 4) is 0 Å². The number of aryl methyl sites for hydroxylation is 1. The Bertz CT molecular complexity index is 505. The first kappa shape index (κ1) is 12.5. The lowest BCUT2D eigenvalue weighted by atomic mass is 10.3. The highest BCUT2D eigenvalue weighted by molar-refractivity contribution is 7.89. The van der Waals surface area contributed by atoms with Crippen LogP contribution < -0.4 is 0 Å². The van der Waals surface area contributed by atoms with E-state index in [9.17, 15) is 13.5 Å². The summed E-state index contributed by atoms with van der Waals surface area (Å²) >= 11 is 0. The molecule has 0 atom stereocenters. The highest BCUT2D eigenvalue weighted by Crippen LogP contribution is 2.31. The zero-order chi connectivity index (χ0) is 12.6. The van der Waals surface area contributed by atoms with Crippen LogP contribution in [0.15, 0.2) is 5.03 Å². The maximum absolute atomic E-state index is 12.2. The third-order valence-corrected chi connectivity index (χ3v) is 4.86. The molecule has 7 heteroatoms. The van der Waals surface area contributed by atoms with Crippen molar-refractivity contribution in [1.82, 2.24) is 14.5 Å². The zero-order valence-electron chi connectivity index (χ0n) is 9.97. The van der Waals surface area contributed by atoms with Crippen LogP contribution in [0.3, 0.4) is 0 Å². The van der Waals surface area contributed by atoms with Crippen LogP contribution in [-0.4, -0.2) is 41.6 Å². The van der Waals surface area contributed by atoms with Crippen LogP contribution in [0.25, 0.3) is 0 Å². The molecule has 0 radical (unpaired) electrons. The van der Waals surface area contributed by atoms with Crippen molar-refractivity contribution < 1.29 is 13.5 Å². The molecule has 17 heavy (non-hydrogen) atoms. The fourth-order valence-electron chi connectivity index (χ4n) is 1.74. The minimum atomic E-state index is -3.59.